The predicted octanol–water partition coefficient (Wildman–Crippen LogP) is 4.25. The number of benzene rings is 2. The van der Waals surface area contributed by atoms with Crippen molar-refractivity contribution < 1.29 is 9.26 Å². The lowest BCUT2D eigenvalue weighted by Crippen LogP contribution is -2.16. The van der Waals surface area contributed by atoms with Gasteiger partial charge in [0.25, 0.3) is 0 Å². The summed E-state index contributed by atoms with van der Waals surface area (Å²) >= 11 is 0. The first kappa shape index (κ1) is 16.0. The van der Waals surface area contributed by atoms with Crippen molar-refractivity contribution >= 4 is 18.8 Å². The molecule has 2 rings (SSSR count). The lowest BCUT2D eigenvalue weighted by atomic mass is 10.3. The molecule has 3 heteroatoms. The molecule has 1 atom stereocenters. The van der Waals surface area contributed by atoms with E-state index in [1.54, 1.807) is 0 Å². The smallest absolute Gasteiger partial charge is 0.119 e. The molecule has 0 aliphatic carbocycles. The molecule has 0 aromatic heterocycles. The Labute approximate surface area is 128 Å². The highest BCUT2D eigenvalue weighted by Crippen LogP contribution is 2.36. The molecular weight excluding hydrogens is 279 g/mol. The third-order valence-electron chi connectivity index (χ3n) is 2.75. The third kappa shape index (κ3) is 4.84. The Kier molecular flexibility index (Phi) is 5.78. The van der Waals surface area contributed by atoms with Crippen LogP contribution in [0.4, 0.5) is 0 Å². The van der Waals surface area contributed by atoms with E-state index >= 15 is 0 Å². The second-order valence-corrected chi connectivity index (χ2v) is 7.28. The molecule has 2 aromatic carbocycles. The Morgan fingerprint density at radius 2 is 1.29 bits per heavy atom. The van der Waals surface area contributed by atoms with E-state index in [-0.39, 0.29) is 12.2 Å². The monoisotopic (exact) mass is 302 g/mol. The van der Waals surface area contributed by atoms with Gasteiger partial charge in [0, 0.05) is 10.6 Å². The molecule has 0 radical (unpaired) electrons. The molecule has 2 nitrogen and oxygen atoms in total. The van der Waals surface area contributed by atoms with E-state index in [0.717, 1.165) is 5.75 Å². The minimum absolute atomic E-state index is 0.193. The Morgan fingerprint density at radius 1 is 0.714 bits per heavy atom. The molecule has 0 saturated carbocycles. The van der Waals surface area contributed by atoms with Crippen LogP contribution in [0.2, 0.25) is 0 Å². The number of hydrogen-bond acceptors (Lipinski definition) is 2. The molecule has 0 heterocycles. The molecule has 0 saturated heterocycles. The molecule has 0 N–H and O–H groups in total. The van der Waals surface area contributed by atoms with Crippen LogP contribution in [0, 0.1) is 0 Å². The van der Waals surface area contributed by atoms with Crippen LogP contribution in [0.5, 0.6) is 5.75 Å². The minimum Gasteiger partial charge on any atom is -0.491 e. The molecule has 0 bridgehead atoms. The van der Waals surface area contributed by atoms with Crippen molar-refractivity contribution in [3.8, 4) is 5.75 Å². The van der Waals surface area contributed by atoms with Gasteiger partial charge in [0.2, 0.25) is 0 Å². The fraction of sp³-hybridized carbons (Fsp3) is 0.333. The highest BCUT2D eigenvalue weighted by Gasteiger charge is 2.16. The summed E-state index contributed by atoms with van der Waals surface area (Å²) in [4.78, 5) is 0. The van der Waals surface area contributed by atoms with Gasteiger partial charge in [0.1, 0.15) is 5.75 Å². The van der Waals surface area contributed by atoms with Gasteiger partial charge in [-0.25, -0.2) is 0 Å². The van der Waals surface area contributed by atoms with Crippen molar-refractivity contribution in [1.82, 2.24) is 0 Å². The fourth-order valence-corrected chi connectivity index (χ4v) is 3.80. The van der Waals surface area contributed by atoms with Crippen LogP contribution in [-0.4, -0.2) is 12.2 Å². The Morgan fingerprint density at radius 3 is 1.81 bits per heavy atom. The van der Waals surface area contributed by atoms with Crippen LogP contribution in [0.3, 0.4) is 0 Å². The average molecular weight is 302 g/mol. The molecule has 0 aliphatic heterocycles. The van der Waals surface area contributed by atoms with Gasteiger partial charge in [0.15, 0.2) is 0 Å². The van der Waals surface area contributed by atoms with Crippen molar-refractivity contribution in [2.75, 3.05) is 0 Å². The predicted molar refractivity (Wildman–Crippen MR) is 91.1 cm³/mol. The summed E-state index contributed by atoms with van der Waals surface area (Å²) in [5, 5.41) is 2.44. The van der Waals surface area contributed by atoms with E-state index < -0.39 is 8.15 Å². The SMILES string of the molecule is CC(C)Oc1ccc(P(OC(C)C)c2ccccc2)cc1. The lowest BCUT2D eigenvalue weighted by Gasteiger charge is -2.21. The van der Waals surface area contributed by atoms with Crippen LogP contribution in [-0.2, 0) is 4.52 Å². The quantitative estimate of drug-likeness (QED) is 0.743. The Bertz CT molecular complexity index is 535. The molecule has 1 unspecified atom stereocenters. The third-order valence-corrected chi connectivity index (χ3v) is 4.92. The second kappa shape index (κ2) is 7.59. The van der Waals surface area contributed by atoms with Crippen LogP contribution in [0.25, 0.3) is 0 Å². The molecule has 0 aliphatic rings. The van der Waals surface area contributed by atoms with Crippen LogP contribution < -0.4 is 15.3 Å². The first-order chi connectivity index (χ1) is 10.1. The number of rotatable bonds is 6. The van der Waals surface area contributed by atoms with Crippen molar-refractivity contribution in [3.63, 3.8) is 0 Å². The fourth-order valence-electron chi connectivity index (χ4n) is 1.98. The van der Waals surface area contributed by atoms with E-state index in [9.17, 15) is 0 Å². The highest BCUT2D eigenvalue weighted by atomic mass is 31.1. The normalized spacial score (nSPS) is 12.7. The van der Waals surface area contributed by atoms with E-state index in [4.69, 9.17) is 9.26 Å². The van der Waals surface area contributed by atoms with Gasteiger partial charge in [0.05, 0.1) is 20.4 Å². The highest BCUT2D eigenvalue weighted by molar-refractivity contribution is 7.68. The van der Waals surface area contributed by atoms with Gasteiger partial charge in [-0.1, -0.05) is 30.3 Å². The first-order valence-corrected chi connectivity index (χ1v) is 8.61. The van der Waals surface area contributed by atoms with Gasteiger partial charge in [-0.05, 0) is 52.0 Å². The topological polar surface area (TPSA) is 18.5 Å². The Balaban J connectivity index is 2.24. The zero-order valence-electron chi connectivity index (χ0n) is 13.1. The van der Waals surface area contributed by atoms with Crippen molar-refractivity contribution in [1.29, 1.82) is 0 Å². The van der Waals surface area contributed by atoms with Crippen molar-refractivity contribution in [3.05, 3.63) is 54.6 Å². The zero-order valence-corrected chi connectivity index (χ0v) is 14.0. The average Bonchev–Trinajstić information content (AvgIpc) is 2.46. The Hall–Kier alpha value is -1.37. The molecule has 21 heavy (non-hydrogen) atoms. The maximum Gasteiger partial charge on any atom is 0.119 e. The second-order valence-electron chi connectivity index (χ2n) is 5.44. The summed E-state index contributed by atoms with van der Waals surface area (Å²) in [6, 6.07) is 18.7. The molecule has 0 amide bonds. The maximum atomic E-state index is 6.17. The van der Waals surface area contributed by atoms with Gasteiger partial charge < -0.3 is 9.26 Å². The van der Waals surface area contributed by atoms with Crippen LogP contribution >= 0.6 is 8.15 Å². The summed E-state index contributed by atoms with van der Waals surface area (Å²) in [6.45, 7) is 8.22. The van der Waals surface area contributed by atoms with Gasteiger partial charge in [-0.15, -0.1) is 0 Å². The summed E-state index contributed by atoms with van der Waals surface area (Å²) in [7, 11) is -0.779. The van der Waals surface area contributed by atoms with Crippen molar-refractivity contribution in [2.45, 2.75) is 39.9 Å². The number of ether oxygens (including phenoxy) is 1. The first-order valence-electron chi connectivity index (χ1n) is 7.35. The number of hydrogen-bond donors (Lipinski definition) is 0. The van der Waals surface area contributed by atoms with E-state index in [1.807, 2.05) is 32.0 Å². The van der Waals surface area contributed by atoms with Crippen molar-refractivity contribution in [2.24, 2.45) is 0 Å². The summed E-state index contributed by atoms with van der Waals surface area (Å²) in [5.41, 5.74) is 0. The summed E-state index contributed by atoms with van der Waals surface area (Å²) in [6.07, 6.45) is 0.390. The van der Waals surface area contributed by atoms with E-state index in [0.29, 0.717) is 0 Å². The summed E-state index contributed by atoms with van der Waals surface area (Å²) in [5.74, 6) is 0.904. The van der Waals surface area contributed by atoms with Crippen LogP contribution in [0.15, 0.2) is 54.6 Å². The minimum atomic E-state index is -0.779. The maximum absolute atomic E-state index is 6.17. The lowest BCUT2D eigenvalue weighted by molar-refractivity contribution is 0.242. The molecule has 112 valence electrons. The standard InChI is InChI=1S/C18H23O2P/c1-14(2)19-16-10-12-18(13-11-16)21(20-15(3)4)17-8-6-5-7-9-17/h5-15H,1-4H3. The van der Waals surface area contributed by atoms with E-state index in [2.05, 4.69) is 50.2 Å². The zero-order chi connectivity index (χ0) is 15.2. The van der Waals surface area contributed by atoms with Gasteiger partial charge >= 0.3 is 0 Å². The largest absolute Gasteiger partial charge is 0.491 e. The molecule has 2 aromatic rings. The molecular formula is C18H23O2P. The van der Waals surface area contributed by atoms with Crippen LogP contribution in [0.1, 0.15) is 27.7 Å². The molecule has 0 fully saturated rings. The van der Waals surface area contributed by atoms with Gasteiger partial charge in [-0.3, -0.25) is 0 Å². The molecule has 0 spiro atoms. The van der Waals surface area contributed by atoms with E-state index in [1.165, 1.54) is 10.6 Å². The summed E-state index contributed by atoms with van der Waals surface area (Å²) < 4.78 is 11.9. The van der Waals surface area contributed by atoms with Gasteiger partial charge in [-0.2, -0.15) is 0 Å².